The number of halogens is 1. The van der Waals surface area contributed by atoms with E-state index in [2.05, 4.69) is 10.6 Å². The Kier molecular flexibility index (Phi) is 4.44. The van der Waals surface area contributed by atoms with E-state index in [1.165, 1.54) is 25.0 Å². The average Bonchev–Trinajstić information content (AvgIpc) is 2.40. The summed E-state index contributed by atoms with van der Waals surface area (Å²) in [6, 6.07) is 4.77. The molecule has 1 aliphatic heterocycles. The number of hydrogen-bond donors (Lipinski definition) is 3. The summed E-state index contributed by atoms with van der Waals surface area (Å²) in [5, 5.41) is 16.2. The molecule has 1 aliphatic rings. The number of carbonyl (C=O) groups excluding carboxylic acids is 1. The van der Waals surface area contributed by atoms with Gasteiger partial charge in [-0.05, 0) is 37.6 Å². The van der Waals surface area contributed by atoms with Crippen molar-refractivity contribution in [3.05, 3.63) is 28.8 Å². The molecule has 0 aromatic heterocycles. The first-order valence-corrected chi connectivity index (χ1v) is 6.54. The number of phenols is 1. The Hall–Kier alpha value is -1.26. The number of amides is 1. The zero-order chi connectivity index (χ0) is 13.0. The molecule has 5 heteroatoms. The van der Waals surface area contributed by atoms with Crippen LogP contribution in [0.5, 0.6) is 5.75 Å². The second-order valence-corrected chi connectivity index (χ2v) is 4.95. The molecule has 18 heavy (non-hydrogen) atoms. The van der Waals surface area contributed by atoms with Gasteiger partial charge in [-0.2, -0.15) is 0 Å². The third-order valence-electron chi connectivity index (χ3n) is 3.12. The van der Waals surface area contributed by atoms with Gasteiger partial charge in [0.25, 0.3) is 5.91 Å². The summed E-state index contributed by atoms with van der Waals surface area (Å²) in [6.45, 7) is 1.58. The Bertz CT molecular complexity index is 431. The molecule has 1 amide bonds. The van der Waals surface area contributed by atoms with Gasteiger partial charge in [0.1, 0.15) is 5.75 Å². The van der Waals surface area contributed by atoms with Gasteiger partial charge in [-0.25, -0.2) is 0 Å². The summed E-state index contributed by atoms with van der Waals surface area (Å²) < 4.78 is 0. The molecule has 1 fully saturated rings. The molecule has 1 aromatic carbocycles. The first-order valence-electron chi connectivity index (χ1n) is 6.17. The third-order valence-corrected chi connectivity index (χ3v) is 3.36. The van der Waals surface area contributed by atoms with Crippen LogP contribution in [0.25, 0.3) is 0 Å². The van der Waals surface area contributed by atoms with E-state index in [-0.39, 0.29) is 17.2 Å². The molecule has 0 aliphatic carbocycles. The Balaban J connectivity index is 1.92. The van der Waals surface area contributed by atoms with Crippen molar-refractivity contribution in [3.8, 4) is 5.75 Å². The lowest BCUT2D eigenvalue weighted by molar-refractivity contribution is 0.0945. The number of aromatic hydroxyl groups is 1. The van der Waals surface area contributed by atoms with Gasteiger partial charge >= 0.3 is 0 Å². The van der Waals surface area contributed by atoms with Crippen molar-refractivity contribution in [1.29, 1.82) is 0 Å². The fourth-order valence-electron chi connectivity index (χ4n) is 2.10. The first-order chi connectivity index (χ1) is 8.66. The Morgan fingerprint density at radius 2 is 2.33 bits per heavy atom. The normalized spacial score (nSPS) is 19.5. The van der Waals surface area contributed by atoms with Gasteiger partial charge in [-0.15, -0.1) is 0 Å². The van der Waals surface area contributed by atoms with Crippen LogP contribution in [0.15, 0.2) is 18.2 Å². The van der Waals surface area contributed by atoms with Gasteiger partial charge in [0.05, 0.1) is 5.56 Å². The van der Waals surface area contributed by atoms with Gasteiger partial charge in [-0.3, -0.25) is 4.79 Å². The minimum absolute atomic E-state index is 0.0477. The van der Waals surface area contributed by atoms with Crippen LogP contribution in [0.1, 0.15) is 29.6 Å². The number of rotatable bonds is 3. The number of carbonyl (C=O) groups is 1. The van der Waals surface area contributed by atoms with Crippen molar-refractivity contribution in [3.63, 3.8) is 0 Å². The van der Waals surface area contributed by atoms with Crippen LogP contribution in [0.2, 0.25) is 5.02 Å². The van der Waals surface area contributed by atoms with Crippen LogP contribution in [0, 0.1) is 0 Å². The minimum atomic E-state index is -0.289. The lowest BCUT2D eigenvalue weighted by Crippen LogP contribution is -2.43. The van der Waals surface area contributed by atoms with E-state index in [9.17, 15) is 9.90 Å². The number of hydrogen-bond acceptors (Lipinski definition) is 3. The maximum absolute atomic E-state index is 11.9. The Morgan fingerprint density at radius 1 is 1.50 bits per heavy atom. The van der Waals surface area contributed by atoms with E-state index < -0.39 is 0 Å². The van der Waals surface area contributed by atoms with Gasteiger partial charge in [-0.1, -0.05) is 18.0 Å². The van der Waals surface area contributed by atoms with E-state index in [0.29, 0.717) is 17.6 Å². The van der Waals surface area contributed by atoms with E-state index in [0.717, 1.165) is 13.0 Å². The molecule has 1 unspecified atom stereocenters. The predicted molar refractivity (Wildman–Crippen MR) is 71.1 cm³/mol. The maximum Gasteiger partial charge on any atom is 0.255 e. The third kappa shape index (κ3) is 3.37. The summed E-state index contributed by atoms with van der Waals surface area (Å²) in [7, 11) is 0. The predicted octanol–water partition coefficient (Wildman–Crippen LogP) is 1.92. The van der Waals surface area contributed by atoms with Crippen molar-refractivity contribution in [2.24, 2.45) is 0 Å². The molecule has 0 saturated carbocycles. The summed E-state index contributed by atoms with van der Waals surface area (Å²) in [5.41, 5.74) is 0.221. The number of piperidine rings is 1. The van der Waals surface area contributed by atoms with Crippen molar-refractivity contribution in [2.45, 2.75) is 25.3 Å². The molecule has 1 aromatic rings. The van der Waals surface area contributed by atoms with Crippen LogP contribution < -0.4 is 10.6 Å². The fourth-order valence-corrected chi connectivity index (χ4v) is 2.27. The molecular weight excluding hydrogens is 252 g/mol. The molecule has 0 spiro atoms. The van der Waals surface area contributed by atoms with Crippen LogP contribution in [0.4, 0.5) is 0 Å². The largest absolute Gasteiger partial charge is 0.507 e. The highest BCUT2D eigenvalue weighted by Crippen LogP contribution is 2.21. The molecule has 98 valence electrons. The van der Waals surface area contributed by atoms with Gasteiger partial charge in [0, 0.05) is 17.6 Å². The van der Waals surface area contributed by atoms with Gasteiger partial charge < -0.3 is 15.7 Å². The Labute approximate surface area is 111 Å². The zero-order valence-corrected chi connectivity index (χ0v) is 10.8. The molecule has 0 radical (unpaired) electrons. The molecule has 2 rings (SSSR count). The molecule has 3 N–H and O–H groups in total. The lowest BCUT2D eigenvalue weighted by Gasteiger charge is -2.23. The lowest BCUT2D eigenvalue weighted by atomic mass is 10.0. The van der Waals surface area contributed by atoms with E-state index in [1.54, 1.807) is 6.07 Å². The summed E-state index contributed by atoms with van der Waals surface area (Å²) in [4.78, 5) is 11.9. The van der Waals surface area contributed by atoms with Gasteiger partial charge in [0.15, 0.2) is 0 Å². The SMILES string of the molecule is O=C(NCC1CCCCN1)c1cc(Cl)ccc1O. The molecular formula is C13H17ClN2O2. The van der Waals surface area contributed by atoms with Crippen LogP contribution in [0.3, 0.4) is 0 Å². The van der Waals surface area contributed by atoms with E-state index in [4.69, 9.17) is 11.6 Å². The number of nitrogens with one attached hydrogen (secondary N) is 2. The standard InChI is InChI=1S/C13H17ClN2O2/c14-9-4-5-12(17)11(7-9)13(18)16-8-10-3-1-2-6-15-10/h4-5,7,10,15,17H,1-3,6,8H2,(H,16,18). The van der Waals surface area contributed by atoms with Crippen LogP contribution in [-0.2, 0) is 0 Å². The van der Waals surface area contributed by atoms with Crippen molar-refractivity contribution in [1.82, 2.24) is 10.6 Å². The maximum atomic E-state index is 11.9. The van der Waals surface area contributed by atoms with E-state index >= 15 is 0 Å². The topological polar surface area (TPSA) is 61.4 Å². The monoisotopic (exact) mass is 268 g/mol. The van der Waals surface area contributed by atoms with Crippen molar-refractivity contribution in [2.75, 3.05) is 13.1 Å². The fraction of sp³-hybridized carbons (Fsp3) is 0.462. The summed E-state index contributed by atoms with van der Waals surface area (Å²) in [5.74, 6) is -0.337. The molecule has 0 bridgehead atoms. The quantitative estimate of drug-likeness (QED) is 0.785. The molecule has 4 nitrogen and oxygen atoms in total. The molecule has 1 heterocycles. The second-order valence-electron chi connectivity index (χ2n) is 4.52. The van der Waals surface area contributed by atoms with Crippen molar-refractivity contribution < 1.29 is 9.90 Å². The second kappa shape index (κ2) is 6.07. The highest BCUT2D eigenvalue weighted by Gasteiger charge is 2.16. The highest BCUT2D eigenvalue weighted by molar-refractivity contribution is 6.31. The first kappa shape index (κ1) is 13.2. The zero-order valence-electron chi connectivity index (χ0n) is 10.1. The smallest absolute Gasteiger partial charge is 0.255 e. The van der Waals surface area contributed by atoms with Crippen molar-refractivity contribution >= 4 is 17.5 Å². The highest BCUT2D eigenvalue weighted by atomic mass is 35.5. The van der Waals surface area contributed by atoms with Crippen LogP contribution in [-0.4, -0.2) is 30.1 Å². The summed E-state index contributed by atoms with van der Waals surface area (Å²) >= 11 is 5.81. The minimum Gasteiger partial charge on any atom is -0.507 e. The molecule has 1 atom stereocenters. The number of phenolic OH excluding ortho intramolecular Hbond substituents is 1. The van der Waals surface area contributed by atoms with Gasteiger partial charge in [0.2, 0.25) is 0 Å². The average molecular weight is 269 g/mol. The Morgan fingerprint density at radius 3 is 3.06 bits per heavy atom. The van der Waals surface area contributed by atoms with E-state index in [1.807, 2.05) is 0 Å². The summed E-state index contributed by atoms with van der Waals surface area (Å²) in [6.07, 6.45) is 3.46. The van der Waals surface area contributed by atoms with Crippen LogP contribution >= 0.6 is 11.6 Å². The number of benzene rings is 1. The molecule has 1 saturated heterocycles.